The summed E-state index contributed by atoms with van der Waals surface area (Å²) in [6, 6.07) is 7.21. The van der Waals surface area contributed by atoms with Crippen molar-refractivity contribution in [3.8, 4) is 0 Å². The Kier molecular flexibility index (Phi) is 6.23. The number of anilines is 2. The highest BCUT2D eigenvalue weighted by molar-refractivity contribution is 8.01. The number of thioether (sulfide) groups is 1. The van der Waals surface area contributed by atoms with Gasteiger partial charge >= 0.3 is 0 Å². The SMILES string of the molecule is Nc1cc(Cl)cc(Cl)c1NC(=O)CCCSc1cccs1. The predicted molar refractivity (Wildman–Crippen MR) is 93.8 cm³/mol. The van der Waals surface area contributed by atoms with Gasteiger partial charge in [0.25, 0.3) is 0 Å². The lowest BCUT2D eigenvalue weighted by Gasteiger charge is -2.10. The Balaban J connectivity index is 1.79. The summed E-state index contributed by atoms with van der Waals surface area (Å²) >= 11 is 15.3. The number of carbonyl (C=O) groups excluding carboxylic acids is 1. The fraction of sp³-hybridized carbons (Fsp3) is 0.214. The molecule has 2 rings (SSSR count). The summed E-state index contributed by atoms with van der Waals surface area (Å²) in [7, 11) is 0. The van der Waals surface area contributed by atoms with Gasteiger partial charge in [0.2, 0.25) is 5.91 Å². The van der Waals surface area contributed by atoms with E-state index in [0.717, 1.165) is 12.2 Å². The summed E-state index contributed by atoms with van der Waals surface area (Å²) < 4.78 is 1.26. The highest BCUT2D eigenvalue weighted by Gasteiger charge is 2.10. The van der Waals surface area contributed by atoms with E-state index >= 15 is 0 Å². The van der Waals surface area contributed by atoms with Gasteiger partial charge in [-0.25, -0.2) is 0 Å². The van der Waals surface area contributed by atoms with Crippen molar-refractivity contribution in [1.82, 2.24) is 0 Å². The number of carbonyl (C=O) groups is 1. The van der Waals surface area contributed by atoms with Gasteiger partial charge in [-0.05, 0) is 35.8 Å². The Labute approximate surface area is 141 Å². The predicted octanol–water partition coefficient (Wildman–Crippen LogP) is 5.15. The monoisotopic (exact) mass is 360 g/mol. The minimum absolute atomic E-state index is 0.0993. The number of nitrogen functional groups attached to an aromatic ring is 1. The van der Waals surface area contributed by atoms with E-state index in [1.807, 2.05) is 11.4 Å². The first-order chi connectivity index (χ1) is 10.1. The van der Waals surface area contributed by atoms with Crippen LogP contribution in [0.25, 0.3) is 0 Å². The average Bonchev–Trinajstić information content (AvgIpc) is 2.92. The second-order valence-corrected chi connectivity index (χ2v) is 7.47. The standard InChI is InChI=1S/C14H14Cl2N2OS2/c15-9-7-10(16)14(11(17)8-9)18-12(19)3-1-5-20-13-4-2-6-21-13/h2,4,6-8H,1,3,5,17H2,(H,18,19). The van der Waals surface area contributed by atoms with Crippen molar-refractivity contribution in [2.24, 2.45) is 0 Å². The number of rotatable bonds is 6. The van der Waals surface area contributed by atoms with E-state index in [-0.39, 0.29) is 5.91 Å². The minimum atomic E-state index is -0.0993. The molecule has 0 aliphatic heterocycles. The van der Waals surface area contributed by atoms with E-state index in [9.17, 15) is 4.79 Å². The minimum Gasteiger partial charge on any atom is -0.397 e. The average molecular weight is 361 g/mol. The molecule has 1 heterocycles. The normalized spacial score (nSPS) is 10.6. The lowest BCUT2D eigenvalue weighted by atomic mass is 10.2. The molecule has 0 atom stereocenters. The zero-order valence-electron chi connectivity index (χ0n) is 11.1. The number of amides is 1. The van der Waals surface area contributed by atoms with Crippen LogP contribution in [0.3, 0.4) is 0 Å². The second kappa shape index (κ2) is 7.94. The molecule has 0 bridgehead atoms. The molecule has 1 aromatic heterocycles. The Morgan fingerprint density at radius 1 is 1.38 bits per heavy atom. The summed E-state index contributed by atoms with van der Waals surface area (Å²) in [4.78, 5) is 11.9. The number of hydrogen-bond acceptors (Lipinski definition) is 4. The molecule has 1 amide bonds. The molecule has 0 saturated carbocycles. The zero-order chi connectivity index (χ0) is 15.2. The summed E-state index contributed by atoms with van der Waals surface area (Å²) in [5, 5.41) is 5.58. The van der Waals surface area contributed by atoms with Gasteiger partial charge in [-0.15, -0.1) is 23.1 Å². The van der Waals surface area contributed by atoms with Gasteiger partial charge in [0.05, 0.1) is 20.6 Å². The van der Waals surface area contributed by atoms with Crippen LogP contribution in [-0.4, -0.2) is 11.7 Å². The molecule has 1 aromatic carbocycles. The molecule has 0 unspecified atom stereocenters. The molecule has 0 fully saturated rings. The summed E-state index contributed by atoms with van der Waals surface area (Å²) in [5.74, 6) is 0.801. The molecule has 3 nitrogen and oxygen atoms in total. The topological polar surface area (TPSA) is 55.1 Å². The maximum Gasteiger partial charge on any atom is 0.224 e. The third-order valence-electron chi connectivity index (χ3n) is 2.64. The van der Waals surface area contributed by atoms with Crippen molar-refractivity contribution in [3.05, 3.63) is 39.7 Å². The van der Waals surface area contributed by atoms with Crippen molar-refractivity contribution in [2.45, 2.75) is 17.1 Å². The molecule has 0 aliphatic rings. The maximum atomic E-state index is 11.9. The highest BCUT2D eigenvalue weighted by Crippen LogP contribution is 2.32. The number of hydrogen-bond donors (Lipinski definition) is 2. The van der Waals surface area contributed by atoms with Gasteiger partial charge < -0.3 is 11.1 Å². The Morgan fingerprint density at radius 2 is 2.19 bits per heavy atom. The number of thiophene rings is 1. The third-order valence-corrected chi connectivity index (χ3v) is 5.37. The zero-order valence-corrected chi connectivity index (χ0v) is 14.2. The molecular formula is C14H14Cl2N2OS2. The number of benzene rings is 1. The molecule has 3 N–H and O–H groups in total. The largest absolute Gasteiger partial charge is 0.397 e. The number of halogens is 2. The van der Waals surface area contributed by atoms with Crippen LogP contribution in [0.2, 0.25) is 10.0 Å². The van der Waals surface area contributed by atoms with Crippen molar-refractivity contribution < 1.29 is 4.79 Å². The summed E-state index contributed by atoms with van der Waals surface area (Å²) in [6.07, 6.45) is 1.22. The van der Waals surface area contributed by atoms with E-state index in [4.69, 9.17) is 28.9 Å². The summed E-state index contributed by atoms with van der Waals surface area (Å²) in [6.45, 7) is 0. The van der Waals surface area contributed by atoms with Gasteiger partial charge in [0.1, 0.15) is 0 Å². The molecule has 2 aromatic rings. The molecular weight excluding hydrogens is 347 g/mol. The van der Waals surface area contributed by atoms with E-state index in [2.05, 4.69) is 11.4 Å². The smallest absolute Gasteiger partial charge is 0.224 e. The van der Waals surface area contributed by atoms with E-state index < -0.39 is 0 Å². The molecule has 0 saturated heterocycles. The van der Waals surface area contributed by atoms with Crippen LogP contribution < -0.4 is 11.1 Å². The highest BCUT2D eigenvalue weighted by atomic mass is 35.5. The Bertz CT molecular complexity index is 594. The van der Waals surface area contributed by atoms with Gasteiger partial charge in [-0.1, -0.05) is 29.3 Å². The van der Waals surface area contributed by atoms with Crippen molar-refractivity contribution in [3.63, 3.8) is 0 Å². The van der Waals surface area contributed by atoms with Crippen LogP contribution >= 0.6 is 46.3 Å². The molecule has 0 spiro atoms. The number of nitrogens with one attached hydrogen (secondary N) is 1. The Hall–Kier alpha value is -0.880. The van der Waals surface area contributed by atoms with Crippen LogP contribution in [0.15, 0.2) is 33.9 Å². The van der Waals surface area contributed by atoms with Crippen LogP contribution in [0.1, 0.15) is 12.8 Å². The molecule has 112 valence electrons. The van der Waals surface area contributed by atoms with Gasteiger partial charge in [0.15, 0.2) is 0 Å². The number of nitrogens with two attached hydrogens (primary N) is 1. The van der Waals surface area contributed by atoms with E-state index in [1.165, 1.54) is 4.21 Å². The fourth-order valence-electron chi connectivity index (χ4n) is 1.68. The van der Waals surface area contributed by atoms with Crippen molar-refractivity contribution in [2.75, 3.05) is 16.8 Å². The lowest BCUT2D eigenvalue weighted by Crippen LogP contribution is -2.13. The van der Waals surface area contributed by atoms with Crippen LogP contribution in [0.4, 0.5) is 11.4 Å². The molecule has 0 radical (unpaired) electrons. The van der Waals surface area contributed by atoms with Crippen LogP contribution in [0, 0.1) is 0 Å². The van der Waals surface area contributed by atoms with E-state index in [0.29, 0.717) is 27.8 Å². The van der Waals surface area contributed by atoms with E-state index in [1.54, 1.807) is 35.2 Å². The Morgan fingerprint density at radius 3 is 2.86 bits per heavy atom. The molecule has 21 heavy (non-hydrogen) atoms. The first-order valence-electron chi connectivity index (χ1n) is 6.27. The first-order valence-corrected chi connectivity index (χ1v) is 8.89. The fourth-order valence-corrected chi connectivity index (χ4v) is 4.04. The van der Waals surface area contributed by atoms with Gasteiger partial charge in [-0.2, -0.15) is 0 Å². The van der Waals surface area contributed by atoms with Crippen LogP contribution in [-0.2, 0) is 4.79 Å². The van der Waals surface area contributed by atoms with Gasteiger partial charge in [-0.3, -0.25) is 4.79 Å². The molecule has 7 heteroatoms. The third kappa shape index (κ3) is 5.11. The summed E-state index contributed by atoms with van der Waals surface area (Å²) in [5.41, 5.74) is 6.60. The second-order valence-electron chi connectivity index (χ2n) is 4.28. The lowest BCUT2D eigenvalue weighted by molar-refractivity contribution is -0.116. The van der Waals surface area contributed by atoms with Crippen LogP contribution in [0.5, 0.6) is 0 Å². The first kappa shape index (κ1) is 16.5. The van der Waals surface area contributed by atoms with Crippen molar-refractivity contribution in [1.29, 1.82) is 0 Å². The van der Waals surface area contributed by atoms with Gasteiger partial charge in [0, 0.05) is 11.4 Å². The van der Waals surface area contributed by atoms with Crippen molar-refractivity contribution >= 4 is 63.6 Å². The molecule has 0 aliphatic carbocycles. The maximum absolute atomic E-state index is 11.9. The quantitative estimate of drug-likeness (QED) is 0.425.